The van der Waals surface area contributed by atoms with Crippen molar-refractivity contribution in [1.82, 2.24) is 15.3 Å². The molecule has 1 N–H and O–H groups in total. The molecule has 4 aromatic rings. The fraction of sp³-hybridized carbons (Fsp3) is 0.148. The maximum absolute atomic E-state index is 13.3. The lowest BCUT2D eigenvalue weighted by molar-refractivity contribution is 0.0945. The van der Waals surface area contributed by atoms with Gasteiger partial charge in [0.2, 0.25) is 11.8 Å². The highest BCUT2D eigenvalue weighted by atomic mass is 19.1. The van der Waals surface area contributed by atoms with Crippen LogP contribution in [0.4, 0.5) is 16.0 Å². The number of anilines is 2. The van der Waals surface area contributed by atoms with Crippen LogP contribution >= 0.6 is 0 Å². The Balaban J connectivity index is 1.41. The van der Waals surface area contributed by atoms with Crippen LogP contribution in [0.1, 0.15) is 27.0 Å². The molecule has 6 nitrogen and oxygen atoms in total. The highest BCUT2D eigenvalue weighted by Gasteiger charge is 2.24. The highest BCUT2D eigenvalue weighted by Crippen LogP contribution is 2.33. The zero-order chi connectivity index (χ0) is 23.3. The van der Waals surface area contributed by atoms with Crippen molar-refractivity contribution in [3.05, 3.63) is 113 Å². The molecule has 5 rings (SSSR count). The predicted octanol–water partition coefficient (Wildman–Crippen LogP) is 4.82. The molecule has 0 bridgehead atoms. The molecule has 1 amide bonds. The second kappa shape index (κ2) is 9.70. The molecule has 0 saturated carbocycles. The van der Waals surface area contributed by atoms with Gasteiger partial charge in [0.15, 0.2) is 0 Å². The summed E-state index contributed by atoms with van der Waals surface area (Å²) in [7, 11) is 0. The van der Waals surface area contributed by atoms with Crippen LogP contribution in [0.5, 0.6) is 5.88 Å². The molecular formula is C27H23FN4O2. The maximum Gasteiger partial charge on any atom is 0.258 e. The number of amides is 1. The molecule has 1 aliphatic heterocycles. The summed E-state index contributed by atoms with van der Waals surface area (Å²) in [4.78, 5) is 24.1. The number of nitrogens with zero attached hydrogens (tertiary/aromatic N) is 3. The first kappa shape index (κ1) is 21.6. The minimum absolute atomic E-state index is 0.145. The number of aromatic nitrogens is 2. The van der Waals surface area contributed by atoms with Gasteiger partial charge in [-0.1, -0.05) is 60.7 Å². The summed E-state index contributed by atoms with van der Waals surface area (Å²) in [6.45, 7) is 1.26. The molecule has 0 atom stereocenters. The molecule has 0 fully saturated rings. The van der Waals surface area contributed by atoms with E-state index in [2.05, 4.69) is 21.4 Å². The predicted molar refractivity (Wildman–Crippen MR) is 128 cm³/mol. The van der Waals surface area contributed by atoms with Gasteiger partial charge >= 0.3 is 0 Å². The minimum atomic E-state index is -0.327. The number of carbonyl (C=O) groups excluding carboxylic acids is 1. The lowest BCUT2D eigenvalue weighted by atomic mass is 10.2. The van der Waals surface area contributed by atoms with Crippen molar-refractivity contribution in [1.29, 1.82) is 0 Å². The molecule has 7 heteroatoms. The fourth-order valence-electron chi connectivity index (χ4n) is 3.90. The van der Waals surface area contributed by atoms with Gasteiger partial charge in [-0.3, -0.25) is 4.79 Å². The van der Waals surface area contributed by atoms with Crippen molar-refractivity contribution < 1.29 is 13.9 Å². The van der Waals surface area contributed by atoms with Crippen LogP contribution in [0.15, 0.2) is 85.1 Å². The lowest BCUT2D eigenvalue weighted by Crippen LogP contribution is -2.25. The molecule has 170 valence electrons. The van der Waals surface area contributed by atoms with E-state index in [0.717, 1.165) is 29.8 Å². The van der Waals surface area contributed by atoms with E-state index in [1.807, 2.05) is 53.4 Å². The Kier molecular flexibility index (Phi) is 6.16. The molecule has 3 aromatic carbocycles. The van der Waals surface area contributed by atoms with E-state index in [-0.39, 0.29) is 29.8 Å². The van der Waals surface area contributed by atoms with Crippen LogP contribution in [-0.2, 0) is 19.6 Å². The second-order valence-corrected chi connectivity index (χ2v) is 8.00. The quantitative estimate of drug-likeness (QED) is 0.434. The van der Waals surface area contributed by atoms with Crippen molar-refractivity contribution >= 4 is 17.5 Å². The SMILES string of the molecule is O=C(NCc1ccccc1)c1cnc(N2CCc3ccccc32)nc1OCc1ccc(F)cc1. The average Bonchev–Trinajstić information content (AvgIpc) is 3.32. The van der Waals surface area contributed by atoms with Gasteiger partial charge in [-0.05, 0) is 41.3 Å². The van der Waals surface area contributed by atoms with E-state index in [1.165, 1.54) is 23.9 Å². The summed E-state index contributed by atoms with van der Waals surface area (Å²) < 4.78 is 19.2. The third kappa shape index (κ3) is 4.73. The molecule has 0 unspecified atom stereocenters. The number of hydrogen-bond acceptors (Lipinski definition) is 5. The van der Waals surface area contributed by atoms with Crippen LogP contribution in [0.3, 0.4) is 0 Å². The molecular weight excluding hydrogens is 431 g/mol. The topological polar surface area (TPSA) is 67.4 Å². The van der Waals surface area contributed by atoms with E-state index in [9.17, 15) is 9.18 Å². The van der Waals surface area contributed by atoms with Gasteiger partial charge in [-0.2, -0.15) is 4.98 Å². The van der Waals surface area contributed by atoms with Crippen molar-refractivity contribution in [3.63, 3.8) is 0 Å². The Labute approximate surface area is 197 Å². The monoisotopic (exact) mass is 454 g/mol. The number of halogens is 1. The van der Waals surface area contributed by atoms with Crippen LogP contribution in [-0.4, -0.2) is 22.4 Å². The Bertz CT molecular complexity index is 1300. The van der Waals surface area contributed by atoms with Crippen molar-refractivity contribution in [2.45, 2.75) is 19.6 Å². The number of hydrogen-bond donors (Lipinski definition) is 1. The van der Waals surface area contributed by atoms with Gasteiger partial charge in [0.05, 0.1) is 0 Å². The van der Waals surface area contributed by atoms with Gasteiger partial charge in [0.1, 0.15) is 18.0 Å². The Hall–Kier alpha value is -4.26. The standard InChI is InChI=1S/C27H23FN4O2/c28-22-12-10-20(11-13-22)18-34-26-23(25(33)29-16-19-6-2-1-3-7-19)17-30-27(31-26)32-15-14-21-8-4-5-9-24(21)32/h1-13,17H,14-16,18H2,(H,29,33). The summed E-state index contributed by atoms with van der Waals surface area (Å²) in [6.07, 6.45) is 2.40. The molecule has 0 saturated heterocycles. The second-order valence-electron chi connectivity index (χ2n) is 8.00. The number of fused-ring (bicyclic) bond motifs is 1. The molecule has 1 aromatic heterocycles. The number of nitrogens with one attached hydrogen (secondary N) is 1. The first-order valence-corrected chi connectivity index (χ1v) is 11.1. The number of para-hydroxylation sites is 1. The molecule has 0 radical (unpaired) electrons. The minimum Gasteiger partial charge on any atom is -0.472 e. The van der Waals surface area contributed by atoms with E-state index in [1.54, 1.807) is 12.1 Å². The largest absolute Gasteiger partial charge is 0.472 e. The smallest absolute Gasteiger partial charge is 0.258 e. The highest BCUT2D eigenvalue weighted by molar-refractivity contribution is 5.96. The first-order chi connectivity index (χ1) is 16.7. The van der Waals surface area contributed by atoms with Gasteiger partial charge in [0, 0.05) is 25.0 Å². The summed E-state index contributed by atoms with van der Waals surface area (Å²) in [5, 5.41) is 2.90. The van der Waals surface area contributed by atoms with Crippen LogP contribution in [0, 0.1) is 5.82 Å². The molecule has 0 aliphatic carbocycles. The summed E-state index contributed by atoms with van der Waals surface area (Å²) in [6, 6.07) is 23.8. The van der Waals surface area contributed by atoms with E-state index >= 15 is 0 Å². The summed E-state index contributed by atoms with van der Waals surface area (Å²) in [5.74, 6) is 0.0102. The normalized spacial score (nSPS) is 12.3. The van der Waals surface area contributed by atoms with Crippen molar-refractivity contribution in [3.8, 4) is 5.88 Å². The van der Waals surface area contributed by atoms with Gasteiger partial charge < -0.3 is 15.0 Å². The fourth-order valence-corrected chi connectivity index (χ4v) is 3.90. The number of carbonyl (C=O) groups is 1. The van der Waals surface area contributed by atoms with Crippen molar-refractivity contribution in [2.75, 3.05) is 11.4 Å². The van der Waals surface area contributed by atoms with Gasteiger partial charge in [-0.15, -0.1) is 0 Å². The van der Waals surface area contributed by atoms with E-state index in [0.29, 0.717) is 12.5 Å². The van der Waals surface area contributed by atoms with Crippen molar-refractivity contribution in [2.24, 2.45) is 0 Å². The van der Waals surface area contributed by atoms with Crippen LogP contribution in [0.2, 0.25) is 0 Å². The molecule has 2 heterocycles. The Morgan fingerprint density at radius 2 is 1.74 bits per heavy atom. The molecule has 1 aliphatic rings. The zero-order valence-corrected chi connectivity index (χ0v) is 18.4. The van der Waals surface area contributed by atoms with Gasteiger partial charge in [-0.25, -0.2) is 9.37 Å². The Morgan fingerprint density at radius 1 is 0.971 bits per heavy atom. The van der Waals surface area contributed by atoms with Crippen LogP contribution < -0.4 is 15.0 Å². The molecule has 0 spiro atoms. The third-order valence-electron chi connectivity index (χ3n) is 5.70. The number of ether oxygens (including phenoxy) is 1. The maximum atomic E-state index is 13.3. The third-order valence-corrected chi connectivity index (χ3v) is 5.70. The summed E-state index contributed by atoms with van der Waals surface area (Å²) in [5.41, 5.74) is 4.27. The van der Waals surface area contributed by atoms with Crippen LogP contribution in [0.25, 0.3) is 0 Å². The number of rotatable bonds is 7. The average molecular weight is 455 g/mol. The van der Waals surface area contributed by atoms with Gasteiger partial charge in [0.25, 0.3) is 5.91 Å². The zero-order valence-electron chi connectivity index (χ0n) is 18.4. The lowest BCUT2D eigenvalue weighted by Gasteiger charge is -2.19. The Morgan fingerprint density at radius 3 is 2.56 bits per heavy atom. The number of benzene rings is 3. The summed E-state index contributed by atoms with van der Waals surface area (Å²) >= 11 is 0. The van der Waals surface area contributed by atoms with E-state index < -0.39 is 0 Å². The first-order valence-electron chi connectivity index (χ1n) is 11.1. The molecule has 34 heavy (non-hydrogen) atoms. The van der Waals surface area contributed by atoms with E-state index in [4.69, 9.17) is 4.74 Å².